The summed E-state index contributed by atoms with van der Waals surface area (Å²) in [5.74, 6) is 0.842. The number of nitrogens with zero attached hydrogens (tertiary/aromatic N) is 4. The van der Waals surface area contributed by atoms with Crippen molar-refractivity contribution in [3.63, 3.8) is 0 Å². The van der Waals surface area contributed by atoms with Crippen LogP contribution in [0.5, 0.6) is 0 Å². The summed E-state index contributed by atoms with van der Waals surface area (Å²) in [7, 11) is 0. The van der Waals surface area contributed by atoms with Crippen LogP contribution in [0.3, 0.4) is 0 Å². The van der Waals surface area contributed by atoms with Crippen molar-refractivity contribution in [1.82, 2.24) is 24.8 Å². The van der Waals surface area contributed by atoms with Gasteiger partial charge >= 0.3 is 0 Å². The molecular weight excluding hydrogens is 346 g/mol. The number of rotatable bonds is 5. The van der Waals surface area contributed by atoms with E-state index >= 15 is 0 Å². The maximum atomic E-state index is 9.54. The molecule has 1 aliphatic rings. The van der Waals surface area contributed by atoms with Gasteiger partial charge in [-0.15, -0.1) is 0 Å². The van der Waals surface area contributed by atoms with Gasteiger partial charge in [0.15, 0.2) is 5.11 Å². The van der Waals surface area contributed by atoms with Crippen LogP contribution in [0.2, 0.25) is 0 Å². The summed E-state index contributed by atoms with van der Waals surface area (Å²) >= 11 is 5.55. The third-order valence-electron chi connectivity index (χ3n) is 4.52. The molecule has 0 radical (unpaired) electrons. The van der Waals surface area contributed by atoms with E-state index in [2.05, 4.69) is 25.9 Å². The summed E-state index contributed by atoms with van der Waals surface area (Å²) < 4.78 is 2.06. The Hall–Kier alpha value is -2.77. The van der Waals surface area contributed by atoms with E-state index in [4.69, 9.17) is 12.2 Å². The van der Waals surface area contributed by atoms with Crippen LogP contribution < -0.4 is 5.32 Å². The third-order valence-corrected chi connectivity index (χ3v) is 4.87. The lowest BCUT2D eigenvalue weighted by Gasteiger charge is -2.28. The Balaban J connectivity index is 1.81. The summed E-state index contributed by atoms with van der Waals surface area (Å²) in [5, 5.41) is 13.5. The lowest BCUT2D eigenvalue weighted by atomic mass is 10.0. The molecule has 3 aromatic rings. The fourth-order valence-electron chi connectivity index (χ4n) is 3.42. The molecule has 4 rings (SSSR count). The topological polar surface area (TPSA) is 66.2 Å². The van der Waals surface area contributed by atoms with Crippen LogP contribution in [-0.2, 0) is 0 Å². The predicted octanol–water partition coefficient (Wildman–Crippen LogP) is 2.23. The number of hydrogen-bond donors (Lipinski definition) is 2. The first-order chi connectivity index (χ1) is 12.8. The third kappa shape index (κ3) is 2.95. The quantitative estimate of drug-likeness (QED) is 0.676. The van der Waals surface area contributed by atoms with Crippen LogP contribution in [0.25, 0.3) is 5.82 Å². The second-order valence-electron chi connectivity index (χ2n) is 6.03. The highest BCUT2D eigenvalue weighted by molar-refractivity contribution is 7.80. The van der Waals surface area contributed by atoms with Gasteiger partial charge in [-0.1, -0.05) is 12.1 Å². The minimum absolute atomic E-state index is 0.0254. The molecular formula is C19H19N5OS. The molecule has 0 aromatic carbocycles. The Morgan fingerprint density at radius 1 is 1.04 bits per heavy atom. The molecule has 3 aromatic heterocycles. The van der Waals surface area contributed by atoms with Crippen molar-refractivity contribution in [3.05, 3.63) is 78.5 Å². The molecule has 1 aliphatic heterocycles. The van der Waals surface area contributed by atoms with Gasteiger partial charge in [-0.05, 0) is 48.6 Å². The maximum Gasteiger partial charge on any atom is 0.170 e. The number of aliphatic hydroxyl groups excluding tert-OH is 1. The second-order valence-corrected chi connectivity index (χ2v) is 6.42. The molecule has 4 heterocycles. The summed E-state index contributed by atoms with van der Waals surface area (Å²) in [6.45, 7) is 0.477. The van der Waals surface area contributed by atoms with Gasteiger partial charge in [0.05, 0.1) is 24.4 Å². The van der Waals surface area contributed by atoms with Crippen LogP contribution >= 0.6 is 12.2 Å². The van der Waals surface area contributed by atoms with Gasteiger partial charge in [0, 0.05) is 30.8 Å². The molecule has 0 saturated carbocycles. The Bertz CT molecular complexity index is 883. The van der Waals surface area contributed by atoms with E-state index in [0.717, 1.165) is 17.2 Å². The largest absolute Gasteiger partial charge is 0.395 e. The highest BCUT2D eigenvalue weighted by atomic mass is 32.1. The Morgan fingerprint density at radius 2 is 1.85 bits per heavy atom. The van der Waals surface area contributed by atoms with Crippen LogP contribution in [0.15, 0.2) is 67.1 Å². The first-order valence-electron chi connectivity index (χ1n) is 8.47. The molecule has 0 spiro atoms. The van der Waals surface area contributed by atoms with E-state index < -0.39 is 0 Å². The van der Waals surface area contributed by atoms with Crippen LogP contribution in [0.4, 0.5) is 0 Å². The van der Waals surface area contributed by atoms with E-state index in [1.807, 2.05) is 53.6 Å². The first kappa shape index (κ1) is 16.7. The lowest BCUT2D eigenvalue weighted by Crippen LogP contribution is -2.33. The Labute approximate surface area is 157 Å². The number of β-amino-alcohol motifs (C(OH)–C–C–N with tert-alkyl or cyclic N) is 1. The van der Waals surface area contributed by atoms with Crippen molar-refractivity contribution in [3.8, 4) is 5.82 Å². The van der Waals surface area contributed by atoms with Crippen molar-refractivity contribution in [2.75, 3.05) is 13.2 Å². The first-order valence-corrected chi connectivity index (χ1v) is 8.88. The predicted molar refractivity (Wildman–Crippen MR) is 103 cm³/mol. The molecule has 0 bridgehead atoms. The molecule has 2 N–H and O–H groups in total. The van der Waals surface area contributed by atoms with Gasteiger partial charge in [0.25, 0.3) is 0 Å². The average molecular weight is 365 g/mol. The zero-order valence-electron chi connectivity index (χ0n) is 14.1. The smallest absolute Gasteiger partial charge is 0.170 e. The zero-order valence-corrected chi connectivity index (χ0v) is 14.9. The van der Waals surface area contributed by atoms with Crippen molar-refractivity contribution in [1.29, 1.82) is 0 Å². The van der Waals surface area contributed by atoms with Gasteiger partial charge in [-0.2, -0.15) is 0 Å². The molecule has 6 nitrogen and oxygen atoms in total. The molecule has 7 heteroatoms. The van der Waals surface area contributed by atoms with Crippen LogP contribution in [-0.4, -0.2) is 42.8 Å². The standard InChI is InChI=1S/C19H19N5OS/c25-13-12-24-18(17(22-19(24)26)14-6-1-3-9-20-14)15-7-5-11-23(15)16-8-2-4-10-21-16/h1-11,17-18,25H,12-13H2,(H,22,26)/t17-,18+/m0/s1. The summed E-state index contributed by atoms with van der Waals surface area (Å²) in [6.07, 6.45) is 5.55. The van der Waals surface area contributed by atoms with Gasteiger partial charge in [-0.3, -0.25) is 4.98 Å². The second kappa shape index (κ2) is 7.23. The minimum atomic E-state index is -0.104. The summed E-state index contributed by atoms with van der Waals surface area (Å²) in [6, 6.07) is 15.5. The number of aromatic nitrogens is 3. The zero-order chi connectivity index (χ0) is 17.9. The molecule has 0 aliphatic carbocycles. The normalized spacial score (nSPS) is 19.6. The molecule has 2 atom stereocenters. The van der Waals surface area contributed by atoms with E-state index in [1.165, 1.54) is 0 Å². The highest BCUT2D eigenvalue weighted by Gasteiger charge is 2.40. The molecule has 132 valence electrons. The summed E-state index contributed by atoms with van der Waals surface area (Å²) in [5.41, 5.74) is 1.95. The number of pyridine rings is 2. The summed E-state index contributed by atoms with van der Waals surface area (Å²) in [4.78, 5) is 11.0. The molecule has 1 fully saturated rings. The van der Waals surface area contributed by atoms with Crippen molar-refractivity contribution < 1.29 is 5.11 Å². The number of hydrogen-bond acceptors (Lipinski definition) is 4. The van der Waals surface area contributed by atoms with Crippen LogP contribution in [0.1, 0.15) is 23.5 Å². The van der Waals surface area contributed by atoms with Gasteiger partial charge in [-0.25, -0.2) is 4.98 Å². The molecule has 1 saturated heterocycles. The van der Waals surface area contributed by atoms with Gasteiger partial charge < -0.3 is 19.9 Å². The van der Waals surface area contributed by atoms with Crippen molar-refractivity contribution in [2.24, 2.45) is 0 Å². The average Bonchev–Trinajstić information content (AvgIpc) is 3.28. The lowest BCUT2D eigenvalue weighted by molar-refractivity contribution is 0.220. The Kier molecular flexibility index (Phi) is 4.64. The molecule has 0 amide bonds. The number of aliphatic hydroxyl groups is 1. The SMILES string of the molecule is OCCN1C(=S)N[C@@H](c2ccccn2)[C@H]1c1cccn1-c1ccccn1. The minimum Gasteiger partial charge on any atom is -0.395 e. The van der Waals surface area contributed by atoms with E-state index in [0.29, 0.717) is 11.7 Å². The van der Waals surface area contributed by atoms with E-state index in [9.17, 15) is 5.11 Å². The maximum absolute atomic E-state index is 9.54. The number of nitrogens with one attached hydrogen (secondary N) is 1. The molecule has 26 heavy (non-hydrogen) atoms. The van der Waals surface area contributed by atoms with Crippen molar-refractivity contribution >= 4 is 17.3 Å². The Morgan fingerprint density at radius 3 is 2.54 bits per heavy atom. The van der Waals surface area contributed by atoms with Gasteiger partial charge in [0.1, 0.15) is 5.82 Å². The van der Waals surface area contributed by atoms with E-state index in [-0.39, 0.29) is 18.7 Å². The van der Waals surface area contributed by atoms with Crippen molar-refractivity contribution in [2.45, 2.75) is 12.1 Å². The van der Waals surface area contributed by atoms with E-state index in [1.54, 1.807) is 12.4 Å². The highest BCUT2D eigenvalue weighted by Crippen LogP contribution is 2.39. The van der Waals surface area contributed by atoms with Crippen LogP contribution in [0, 0.1) is 0 Å². The fraction of sp³-hybridized carbons (Fsp3) is 0.211. The fourth-order valence-corrected chi connectivity index (χ4v) is 3.75. The number of thiocarbonyl (C=S) groups is 1. The monoisotopic (exact) mass is 365 g/mol. The molecule has 0 unspecified atom stereocenters. The van der Waals surface area contributed by atoms with Gasteiger partial charge in [0.2, 0.25) is 0 Å².